The highest BCUT2D eigenvalue weighted by Gasteiger charge is 2.36. The lowest BCUT2D eigenvalue weighted by atomic mass is 9.86. The number of nitrogens with zero attached hydrogens (tertiary/aromatic N) is 3. The summed E-state index contributed by atoms with van der Waals surface area (Å²) >= 11 is 0. The number of fused-ring (bicyclic) bond motifs is 1. The Morgan fingerprint density at radius 1 is 0.935 bits per heavy atom. The topological polar surface area (TPSA) is 47.0 Å². The molecule has 1 N–H and O–H groups in total. The number of benzene rings is 3. The van der Waals surface area contributed by atoms with Crippen molar-refractivity contribution in [3.05, 3.63) is 83.9 Å². The maximum atomic E-state index is 12.2. The Labute approximate surface area is 184 Å². The SMILES string of the molecule is CN(C)c1ccc(N(C(=O)O)c2ccc3c(c2)C(C)(C)CN3Cc2ccccc2)cc1. The summed E-state index contributed by atoms with van der Waals surface area (Å²) in [6, 6.07) is 24.0. The van der Waals surface area contributed by atoms with Gasteiger partial charge in [-0.2, -0.15) is 0 Å². The Morgan fingerprint density at radius 3 is 2.16 bits per heavy atom. The minimum Gasteiger partial charge on any atom is -0.464 e. The summed E-state index contributed by atoms with van der Waals surface area (Å²) in [5, 5.41) is 9.99. The Balaban J connectivity index is 1.69. The average Bonchev–Trinajstić information content (AvgIpc) is 2.98. The van der Waals surface area contributed by atoms with Crippen molar-refractivity contribution in [1.82, 2.24) is 0 Å². The summed E-state index contributed by atoms with van der Waals surface area (Å²) in [5.74, 6) is 0. The van der Waals surface area contributed by atoms with Crippen molar-refractivity contribution in [3.63, 3.8) is 0 Å². The van der Waals surface area contributed by atoms with E-state index in [2.05, 4.69) is 49.1 Å². The van der Waals surface area contributed by atoms with E-state index in [0.29, 0.717) is 11.4 Å². The highest BCUT2D eigenvalue weighted by atomic mass is 16.4. The van der Waals surface area contributed by atoms with Crippen LogP contribution < -0.4 is 14.7 Å². The van der Waals surface area contributed by atoms with E-state index in [1.807, 2.05) is 61.5 Å². The van der Waals surface area contributed by atoms with Gasteiger partial charge >= 0.3 is 6.09 Å². The average molecular weight is 416 g/mol. The van der Waals surface area contributed by atoms with Crippen LogP contribution in [0.4, 0.5) is 27.5 Å². The first-order chi connectivity index (χ1) is 14.8. The third-order valence-electron chi connectivity index (χ3n) is 5.93. The Kier molecular flexibility index (Phi) is 5.36. The number of hydrogen-bond donors (Lipinski definition) is 1. The number of hydrogen-bond acceptors (Lipinski definition) is 3. The fraction of sp³-hybridized carbons (Fsp3) is 0.269. The zero-order chi connectivity index (χ0) is 22.2. The molecule has 0 saturated heterocycles. The van der Waals surface area contributed by atoms with Crippen LogP contribution in [0.2, 0.25) is 0 Å². The lowest BCUT2D eigenvalue weighted by molar-refractivity contribution is 0.205. The molecule has 1 aliphatic rings. The van der Waals surface area contributed by atoms with Crippen molar-refractivity contribution in [2.75, 3.05) is 35.3 Å². The molecule has 160 valence electrons. The van der Waals surface area contributed by atoms with Crippen molar-refractivity contribution in [3.8, 4) is 0 Å². The quantitative estimate of drug-likeness (QED) is 0.566. The van der Waals surface area contributed by atoms with Gasteiger partial charge in [-0.3, -0.25) is 0 Å². The molecule has 4 rings (SSSR count). The second kappa shape index (κ2) is 7.99. The lowest BCUT2D eigenvalue weighted by Crippen LogP contribution is -2.28. The van der Waals surface area contributed by atoms with Crippen LogP contribution in [-0.4, -0.2) is 31.8 Å². The fourth-order valence-electron chi connectivity index (χ4n) is 4.34. The molecule has 5 heteroatoms. The molecule has 1 aliphatic heterocycles. The van der Waals surface area contributed by atoms with Crippen molar-refractivity contribution in [2.45, 2.75) is 25.8 Å². The maximum Gasteiger partial charge on any atom is 0.416 e. The van der Waals surface area contributed by atoms with Gasteiger partial charge in [-0.15, -0.1) is 0 Å². The zero-order valence-corrected chi connectivity index (χ0v) is 18.5. The monoisotopic (exact) mass is 415 g/mol. The molecule has 5 nitrogen and oxygen atoms in total. The normalized spacial score (nSPS) is 14.3. The molecule has 0 spiro atoms. The number of rotatable bonds is 5. The van der Waals surface area contributed by atoms with E-state index in [1.165, 1.54) is 21.7 Å². The summed E-state index contributed by atoms with van der Waals surface area (Å²) in [6.45, 7) is 6.17. The van der Waals surface area contributed by atoms with Crippen molar-refractivity contribution in [1.29, 1.82) is 0 Å². The second-order valence-electron chi connectivity index (χ2n) is 8.96. The smallest absolute Gasteiger partial charge is 0.416 e. The van der Waals surface area contributed by atoms with Crippen molar-refractivity contribution >= 4 is 28.8 Å². The van der Waals surface area contributed by atoms with E-state index >= 15 is 0 Å². The summed E-state index contributed by atoms with van der Waals surface area (Å²) < 4.78 is 0. The van der Waals surface area contributed by atoms with Gasteiger partial charge in [-0.25, -0.2) is 9.69 Å². The number of amides is 1. The van der Waals surface area contributed by atoms with Crippen LogP contribution in [0.1, 0.15) is 25.0 Å². The van der Waals surface area contributed by atoms with Crippen molar-refractivity contribution < 1.29 is 9.90 Å². The van der Waals surface area contributed by atoms with Gasteiger partial charge in [0.05, 0.1) is 11.4 Å². The summed E-state index contributed by atoms with van der Waals surface area (Å²) in [5.41, 5.74) is 5.87. The number of carbonyl (C=O) groups is 1. The van der Waals surface area contributed by atoms with E-state index in [1.54, 1.807) is 0 Å². The van der Waals surface area contributed by atoms with Crippen LogP contribution in [0.3, 0.4) is 0 Å². The van der Waals surface area contributed by atoms with E-state index in [4.69, 9.17) is 0 Å². The molecule has 0 unspecified atom stereocenters. The first-order valence-electron chi connectivity index (χ1n) is 10.5. The van der Waals surface area contributed by atoms with E-state index in [-0.39, 0.29) is 5.41 Å². The molecule has 0 aliphatic carbocycles. The molecular weight excluding hydrogens is 386 g/mol. The standard InChI is InChI=1S/C26H29N3O2/c1-26(2)18-28(17-19-8-6-5-7-9-19)24-15-14-22(16-23(24)26)29(25(30)31)21-12-10-20(11-13-21)27(3)4/h5-16H,17-18H2,1-4H3,(H,30,31). The first kappa shape index (κ1) is 20.8. The predicted molar refractivity (Wildman–Crippen MR) is 128 cm³/mol. The molecule has 31 heavy (non-hydrogen) atoms. The van der Waals surface area contributed by atoms with Gasteiger partial charge in [0.1, 0.15) is 0 Å². The number of anilines is 4. The zero-order valence-electron chi connectivity index (χ0n) is 18.5. The van der Waals surface area contributed by atoms with Gasteiger partial charge in [-0.1, -0.05) is 44.2 Å². The molecular formula is C26H29N3O2. The van der Waals surface area contributed by atoms with Gasteiger partial charge < -0.3 is 14.9 Å². The summed E-state index contributed by atoms with van der Waals surface area (Å²) in [4.78, 5) is 17.9. The molecule has 0 bridgehead atoms. The molecule has 0 aromatic heterocycles. The minimum atomic E-state index is -0.991. The highest BCUT2D eigenvalue weighted by molar-refractivity contribution is 5.95. The predicted octanol–water partition coefficient (Wildman–Crippen LogP) is 5.87. The van der Waals surface area contributed by atoms with Gasteiger partial charge in [-0.05, 0) is 53.6 Å². The van der Waals surface area contributed by atoms with Gasteiger partial charge in [0.15, 0.2) is 0 Å². The molecule has 1 amide bonds. The van der Waals surface area contributed by atoms with Crippen LogP contribution in [0.15, 0.2) is 72.8 Å². The summed E-state index contributed by atoms with van der Waals surface area (Å²) in [7, 11) is 3.93. The molecule has 0 atom stereocenters. The van der Waals surface area contributed by atoms with Gasteiger partial charge in [0.25, 0.3) is 0 Å². The van der Waals surface area contributed by atoms with Crippen LogP contribution in [-0.2, 0) is 12.0 Å². The third-order valence-corrected chi connectivity index (χ3v) is 5.93. The maximum absolute atomic E-state index is 12.2. The fourth-order valence-corrected chi connectivity index (χ4v) is 4.34. The Bertz CT molecular complexity index is 1080. The van der Waals surface area contributed by atoms with E-state index < -0.39 is 6.09 Å². The largest absolute Gasteiger partial charge is 0.464 e. The van der Waals surface area contributed by atoms with E-state index in [9.17, 15) is 9.90 Å². The third kappa shape index (κ3) is 4.08. The van der Waals surface area contributed by atoms with Gasteiger partial charge in [0, 0.05) is 44.0 Å². The van der Waals surface area contributed by atoms with Gasteiger partial charge in [0.2, 0.25) is 0 Å². The molecule has 0 saturated carbocycles. The lowest BCUT2D eigenvalue weighted by Gasteiger charge is -2.23. The molecule has 0 fully saturated rings. The van der Waals surface area contributed by atoms with E-state index in [0.717, 1.165) is 18.8 Å². The minimum absolute atomic E-state index is 0.0704. The molecule has 3 aromatic rings. The van der Waals surface area contributed by atoms with Crippen LogP contribution in [0.25, 0.3) is 0 Å². The molecule has 0 radical (unpaired) electrons. The molecule has 1 heterocycles. The van der Waals surface area contributed by atoms with Crippen molar-refractivity contribution in [2.24, 2.45) is 0 Å². The number of carboxylic acid groups (broad SMARTS) is 1. The highest BCUT2D eigenvalue weighted by Crippen LogP contribution is 2.43. The second-order valence-corrected chi connectivity index (χ2v) is 8.96. The van der Waals surface area contributed by atoms with Crippen LogP contribution in [0, 0.1) is 0 Å². The summed E-state index contributed by atoms with van der Waals surface area (Å²) in [6.07, 6.45) is -0.991. The Morgan fingerprint density at radius 2 is 1.55 bits per heavy atom. The first-order valence-corrected chi connectivity index (χ1v) is 10.5. The van der Waals surface area contributed by atoms with Crippen LogP contribution >= 0.6 is 0 Å². The molecule has 3 aromatic carbocycles. The van der Waals surface area contributed by atoms with Crippen LogP contribution in [0.5, 0.6) is 0 Å². The Hall–Kier alpha value is -3.47.